The van der Waals surface area contributed by atoms with Gasteiger partial charge in [0.15, 0.2) is 0 Å². The fourth-order valence-electron chi connectivity index (χ4n) is 3.34. The molecule has 0 heterocycles. The van der Waals surface area contributed by atoms with E-state index in [0.717, 1.165) is 29.2 Å². The van der Waals surface area contributed by atoms with Crippen molar-refractivity contribution in [1.29, 1.82) is 0 Å². The topological polar surface area (TPSA) is 51.2 Å². The molecule has 1 fully saturated rings. The maximum Gasteiger partial charge on any atom is 0.123 e. The number of aliphatic hydroxyl groups is 1. The average molecular weight is 386 g/mol. The van der Waals surface area contributed by atoms with Gasteiger partial charge in [-0.25, -0.2) is 0 Å². The number of rotatable bonds is 11. The Labute approximate surface area is 167 Å². The zero-order chi connectivity index (χ0) is 19.9. The number of hydrogen-bond acceptors (Lipinski definition) is 5. The molecule has 0 aliphatic heterocycles. The van der Waals surface area contributed by atoms with Gasteiger partial charge in [-0.05, 0) is 55.2 Å². The highest BCUT2D eigenvalue weighted by atomic mass is 16.5. The molecule has 1 unspecified atom stereocenters. The third-order valence-corrected chi connectivity index (χ3v) is 5.14. The van der Waals surface area contributed by atoms with Gasteiger partial charge >= 0.3 is 0 Å². The fourth-order valence-corrected chi connectivity index (χ4v) is 3.34. The second-order valence-electron chi connectivity index (χ2n) is 7.30. The van der Waals surface area contributed by atoms with Gasteiger partial charge in [-0.2, -0.15) is 0 Å². The summed E-state index contributed by atoms with van der Waals surface area (Å²) in [5.41, 5.74) is 2.34. The van der Waals surface area contributed by atoms with Gasteiger partial charge in [-0.1, -0.05) is 19.1 Å². The summed E-state index contributed by atoms with van der Waals surface area (Å²) in [5, 5.41) is 10.5. The van der Waals surface area contributed by atoms with Gasteiger partial charge in [0.05, 0.1) is 14.2 Å². The van der Waals surface area contributed by atoms with Crippen molar-refractivity contribution in [2.75, 3.05) is 27.4 Å². The first-order valence-electron chi connectivity index (χ1n) is 9.97. The highest BCUT2D eigenvalue weighted by Crippen LogP contribution is 2.32. The van der Waals surface area contributed by atoms with Gasteiger partial charge in [0.25, 0.3) is 0 Å². The first-order valence-corrected chi connectivity index (χ1v) is 9.97. The Hall–Kier alpha value is -2.24. The monoisotopic (exact) mass is 385 g/mol. The van der Waals surface area contributed by atoms with Crippen LogP contribution in [-0.2, 0) is 13.0 Å². The second-order valence-corrected chi connectivity index (χ2v) is 7.30. The van der Waals surface area contributed by atoms with E-state index in [1.54, 1.807) is 14.2 Å². The van der Waals surface area contributed by atoms with Crippen LogP contribution in [0, 0.1) is 0 Å². The van der Waals surface area contributed by atoms with Crippen molar-refractivity contribution in [3.63, 3.8) is 0 Å². The third kappa shape index (κ3) is 5.63. The number of nitrogens with zero attached hydrogens (tertiary/aromatic N) is 1. The Balaban J connectivity index is 1.58. The minimum atomic E-state index is -0.553. The van der Waals surface area contributed by atoms with Crippen LogP contribution in [-0.4, -0.2) is 49.5 Å². The molecule has 1 aliphatic carbocycles. The molecular weight excluding hydrogens is 354 g/mol. The first-order chi connectivity index (χ1) is 13.6. The maximum atomic E-state index is 10.5. The van der Waals surface area contributed by atoms with Crippen molar-refractivity contribution in [1.82, 2.24) is 4.90 Å². The molecule has 5 nitrogen and oxygen atoms in total. The predicted molar refractivity (Wildman–Crippen MR) is 110 cm³/mol. The summed E-state index contributed by atoms with van der Waals surface area (Å²) in [4.78, 5) is 2.31. The van der Waals surface area contributed by atoms with Crippen LogP contribution in [0.3, 0.4) is 0 Å². The van der Waals surface area contributed by atoms with Gasteiger partial charge in [-0.15, -0.1) is 0 Å². The zero-order valence-corrected chi connectivity index (χ0v) is 17.1. The van der Waals surface area contributed by atoms with Gasteiger partial charge in [0.1, 0.15) is 30.0 Å². The Morgan fingerprint density at radius 3 is 2.36 bits per heavy atom. The second kappa shape index (κ2) is 9.80. The van der Waals surface area contributed by atoms with Gasteiger partial charge in [-0.3, -0.25) is 4.90 Å². The van der Waals surface area contributed by atoms with Crippen LogP contribution in [0.5, 0.6) is 17.2 Å². The Kier molecular flexibility index (Phi) is 7.18. The molecule has 2 aromatic rings. The molecule has 0 spiro atoms. The van der Waals surface area contributed by atoms with Crippen molar-refractivity contribution in [3.05, 3.63) is 53.6 Å². The van der Waals surface area contributed by atoms with E-state index in [2.05, 4.69) is 24.0 Å². The maximum absolute atomic E-state index is 10.5. The van der Waals surface area contributed by atoms with E-state index >= 15 is 0 Å². The lowest BCUT2D eigenvalue weighted by atomic mass is 10.1. The quantitative estimate of drug-likeness (QED) is 0.640. The van der Waals surface area contributed by atoms with Gasteiger partial charge < -0.3 is 19.3 Å². The molecule has 0 bridgehead atoms. The Bertz CT molecular complexity index is 743. The molecule has 1 saturated carbocycles. The van der Waals surface area contributed by atoms with E-state index in [1.807, 2.05) is 30.3 Å². The van der Waals surface area contributed by atoms with Crippen LogP contribution in [0.25, 0.3) is 0 Å². The van der Waals surface area contributed by atoms with Crippen LogP contribution in [0.2, 0.25) is 0 Å². The molecule has 152 valence electrons. The summed E-state index contributed by atoms with van der Waals surface area (Å²) in [6, 6.07) is 14.4. The normalized spacial score (nSPS) is 14.8. The minimum absolute atomic E-state index is 0.282. The summed E-state index contributed by atoms with van der Waals surface area (Å²) in [7, 11) is 3.34. The highest BCUT2D eigenvalue weighted by molar-refractivity contribution is 5.40. The van der Waals surface area contributed by atoms with Crippen LogP contribution in [0.1, 0.15) is 30.9 Å². The number of benzene rings is 2. The van der Waals surface area contributed by atoms with Gasteiger partial charge in [0, 0.05) is 24.7 Å². The van der Waals surface area contributed by atoms with Crippen molar-refractivity contribution in [3.8, 4) is 17.2 Å². The van der Waals surface area contributed by atoms with E-state index in [-0.39, 0.29) is 6.61 Å². The molecule has 1 aliphatic rings. The molecule has 3 rings (SSSR count). The molecule has 0 aromatic heterocycles. The lowest BCUT2D eigenvalue weighted by Gasteiger charge is -2.26. The molecular formula is C23H31NO4. The van der Waals surface area contributed by atoms with Crippen molar-refractivity contribution >= 4 is 0 Å². The third-order valence-electron chi connectivity index (χ3n) is 5.14. The molecule has 5 heteroatoms. The van der Waals surface area contributed by atoms with Gasteiger partial charge in [0.2, 0.25) is 0 Å². The van der Waals surface area contributed by atoms with E-state index in [0.29, 0.717) is 19.1 Å². The summed E-state index contributed by atoms with van der Waals surface area (Å²) in [6.07, 6.45) is 2.78. The van der Waals surface area contributed by atoms with Crippen LogP contribution in [0.15, 0.2) is 42.5 Å². The highest BCUT2D eigenvalue weighted by Gasteiger charge is 2.31. The smallest absolute Gasteiger partial charge is 0.123 e. The van der Waals surface area contributed by atoms with Crippen molar-refractivity contribution in [2.45, 2.75) is 44.9 Å². The summed E-state index contributed by atoms with van der Waals surface area (Å²) >= 11 is 0. The lowest BCUT2D eigenvalue weighted by Crippen LogP contribution is -2.36. The standard InChI is InChI=1S/C23H31NO4/c1-4-17-5-9-21(10-6-17)28-16-20(25)15-24(19-7-8-19)14-18-13-22(26-2)11-12-23(18)27-3/h5-6,9-13,19-20,25H,4,7-8,14-16H2,1-3H3. The molecule has 0 radical (unpaired) electrons. The van der Waals surface area contributed by atoms with E-state index in [1.165, 1.54) is 18.4 Å². The largest absolute Gasteiger partial charge is 0.497 e. The number of aliphatic hydroxyl groups excluding tert-OH is 1. The minimum Gasteiger partial charge on any atom is -0.497 e. The summed E-state index contributed by atoms with van der Waals surface area (Å²) < 4.78 is 16.6. The number of ether oxygens (including phenoxy) is 3. The lowest BCUT2D eigenvalue weighted by molar-refractivity contribution is 0.0623. The SMILES string of the molecule is CCc1ccc(OCC(O)CN(Cc2cc(OC)ccc2OC)C2CC2)cc1. The number of methoxy groups -OCH3 is 2. The average Bonchev–Trinajstić information content (AvgIpc) is 3.57. The number of hydrogen-bond donors (Lipinski definition) is 1. The van der Waals surface area contributed by atoms with E-state index in [4.69, 9.17) is 14.2 Å². The molecule has 1 atom stereocenters. The van der Waals surface area contributed by atoms with Crippen molar-refractivity contribution < 1.29 is 19.3 Å². The molecule has 1 N–H and O–H groups in total. The Morgan fingerprint density at radius 1 is 1.04 bits per heavy atom. The number of aryl methyl sites for hydroxylation is 1. The van der Waals surface area contributed by atoms with Crippen LogP contribution >= 0.6 is 0 Å². The van der Waals surface area contributed by atoms with Crippen molar-refractivity contribution in [2.24, 2.45) is 0 Å². The molecule has 28 heavy (non-hydrogen) atoms. The Morgan fingerprint density at radius 2 is 1.75 bits per heavy atom. The first kappa shape index (κ1) is 20.5. The molecule has 0 saturated heterocycles. The van der Waals surface area contributed by atoms with E-state index < -0.39 is 6.10 Å². The van der Waals surface area contributed by atoms with E-state index in [9.17, 15) is 5.11 Å². The van der Waals surface area contributed by atoms with Crippen LogP contribution < -0.4 is 14.2 Å². The summed E-state index contributed by atoms with van der Waals surface area (Å²) in [5.74, 6) is 2.45. The zero-order valence-electron chi connectivity index (χ0n) is 17.1. The summed E-state index contributed by atoms with van der Waals surface area (Å²) in [6.45, 7) is 3.69. The molecule has 2 aromatic carbocycles. The predicted octanol–water partition coefficient (Wildman–Crippen LogP) is 3.67. The molecule has 0 amide bonds. The fraction of sp³-hybridized carbons (Fsp3) is 0.478. The van der Waals surface area contributed by atoms with Crippen LogP contribution in [0.4, 0.5) is 0 Å².